The van der Waals surface area contributed by atoms with Gasteiger partial charge < -0.3 is 19.5 Å². The van der Waals surface area contributed by atoms with Gasteiger partial charge in [-0.3, -0.25) is 9.78 Å². The number of carboxylic acids is 1. The molecule has 212 valence electrons. The minimum absolute atomic E-state index is 0.0144. The number of aromatic carboxylic acids is 1. The van der Waals surface area contributed by atoms with Crippen LogP contribution in [0.25, 0.3) is 0 Å². The standard InChI is InChI=1S/C29H23ClF3N3O5/c1-17(2)36(27(37)24-8-6-19(30)14-35-24)25-9-7-20(13-22(25)28(38)39)41-26-10-5-18(12-23(26)29(31,32)33)16-40-21-4-3-11-34-15-21/h3-15,17H,16H2,1-2H3,(H,38,39). The van der Waals surface area contributed by atoms with Crippen LogP contribution in [0.2, 0.25) is 5.02 Å². The molecule has 0 aliphatic carbocycles. The second-order valence-electron chi connectivity index (χ2n) is 9.02. The van der Waals surface area contributed by atoms with Crippen LogP contribution in [-0.2, 0) is 12.8 Å². The Bertz CT molecular complexity index is 1550. The Kier molecular flexibility index (Phi) is 8.77. The van der Waals surface area contributed by atoms with Crippen LogP contribution in [0.4, 0.5) is 18.9 Å². The molecule has 2 aromatic heterocycles. The molecule has 8 nitrogen and oxygen atoms in total. The second kappa shape index (κ2) is 12.3. The van der Waals surface area contributed by atoms with Crippen molar-refractivity contribution in [2.24, 2.45) is 0 Å². The lowest BCUT2D eigenvalue weighted by Gasteiger charge is -2.28. The van der Waals surface area contributed by atoms with E-state index in [9.17, 15) is 27.9 Å². The third-order valence-electron chi connectivity index (χ3n) is 5.76. The maximum absolute atomic E-state index is 14.0. The van der Waals surface area contributed by atoms with Crippen LogP contribution in [0.1, 0.15) is 45.8 Å². The Morgan fingerprint density at radius 3 is 2.41 bits per heavy atom. The molecule has 0 saturated carbocycles. The molecule has 4 rings (SSSR count). The summed E-state index contributed by atoms with van der Waals surface area (Å²) >= 11 is 5.86. The number of alkyl halides is 3. The number of carbonyl (C=O) groups excluding carboxylic acids is 1. The van der Waals surface area contributed by atoms with Gasteiger partial charge in [0.2, 0.25) is 0 Å². The second-order valence-corrected chi connectivity index (χ2v) is 9.46. The highest BCUT2D eigenvalue weighted by atomic mass is 35.5. The number of rotatable bonds is 9. The van der Waals surface area contributed by atoms with E-state index in [4.69, 9.17) is 21.1 Å². The number of pyridine rings is 2. The lowest BCUT2D eigenvalue weighted by molar-refractivity contribution is -0.138. The number of benzene rings is 2. The van der Waals surface area contributed by atoms with Gasteiger partial charge in [-0.15, -0.1) is 0 Å². The molecular weight excluding hydrogens is 563 g/mol. The quantitative estimate of drug-likeness (QED) is 0.220. The summed E-state index contributed by atoms with van der Waals surface area (Å²) in [5, 5.41) is 10.2. The molecule has 2 heterocycles. The number of anilines is 1. The van der Waals surface area contributed by atoms with Crippen LogP contribution in [0.15, 0.2) is 79.3 Å². The summed E-state index contributed by atoms with van der Waals surface area (Å²) in [6.45, 7) is 3.21. The van der Waals surface area contributed by atoms with Crippen LogP contribution in [-0.4, -0.2) is 33.0 Å². The van der Waals surface area contributed by atoms with Crippen LogP contribution in [0, 0.1) is 0 Å². The van der Waals surface area contributed by atoms with E-state index in [1.165, 1.54) is 53.8 Å². The largest absolute Gasteiger partial charge is 0.487 e. The molecular formula is C29H23ClF3N3O5. The summed E-state index contributed by atoms with van der Waals surface area (Å²) in [6.07, 6.45) is -0.511. The number of carbonyl (C=O) groups is 2. The zero-order valence-corrected chi connectivity index (χ0v) is 22.5. The summed E-state index contributed by atoms with van der Waals surface area (Å²) < 4.78 is 52.9. The van der Waals surface area contributed by atoms with E-state index in [1.54, 1.807) is 26.0 Å². The Labute approximate surface area is 238 Å². The molecule has 1 N–H and O–H groups in total. The van der Waals surface area contributed by atoms with Crippen LogP contribution in [0.3, 0.4) is 0 Å². The van der Waals surface area contributed by atoms with E-state index < -0.39 is 35.4 Å². The van der Waals surface area contributed by atoms with Gasteiger partial charge in [-0.25, -0.2) is 9.78 Å². The van der Waals surface area contributed by atoms with E-state index in [0.29, 0.717) is 10.8 Å². The van der Waals surface area contributed by atoms with Gasteiger partial charge in [0.1, 0.15) is 29.5 Å². The van der Waals surface area contributed by atoms with E-state index in [-0.39, 0.29) is 34.9 Å². The van der Waals surface area contributed by atoms with Crippen molar-refractivity contribution < 1.29 is 37.3 Å². The van der Waals surface area contributed by atoms with Crippen molar-refractivity contribution in [2.75, 3.05) is 4.90 Å². The highest BCUT2D eigenvalue weighted by Gasteiger charge is 2.35. The lowest BCUT2D eigenvalue weighted by Crippen LogP contribution is -2.38. The van der Waals surface area contributed by atoms with Crippen molar-refractivity contribution in [1.29, 1.82) is 0 Å². The van der Waals surface area contributed by atoms with Gasteiger partial charge in [-0.2, -0.15) is 13.2 Å². The smallest absolute Gasteiger partial charge is 0.419 e. The molecule has 0 radical (unpaired) electrons. The van der Waals surface area contributed by atoms with Crippen molar-refractivity contribution in [3.8, 4) is 17.2 Å². The highest BCUT2D eigenvalue weighted by Crippen LogP contribution is 2.40. The maximum atomic E-state index is 14.0. The Balaban J connectivity index is 1.65. The Hall–Kier alpha value is -4.64. The fourth-order valence-corrected chi connectivity index (χ4v) is 4.02. The number of amides is 1. The zero-order valence-electron chi connectivity index (χ0n) is 21.7. The van der Waals surface area contributed by atoms with Crippen LogP contribution >= 0.6 is 11.6 Å². The fourth-order valence-electron chi connectivity index (χ4n) is 3.91. The van der Waals surface area contributed by atoms with Crippen molar-refractivity contribution in [1.82, 2.24) is 9.97 Å². The van der Waals surface area contributed by atoms with Gasteiger partial charge in [0.25, 0.3) is 5.91 Å². The third kappa shape index (κ3) is 7.12. The molecule has 0 saturated heterocycles. The molecule has 4 aromatic rings. The first kappa shape index (κ1) is 29.3. The van der Waals surface area contributed by atoms with Crippen molar-refractivity contribution in [3.63, 3.8) is 0 Å². The fraction of sp³-hybridized carbons (Fsp3) is 0.172. The first-order valence-electron chi connectivity index (χ1n) is 12.2. The maximum Gasteiger partial charge on any atom is 0.419 e. The minimum Gasteiger partial charge on any atom is -0.487 e. The first-order valence-corrected chi connectivity index (χ1v) is 12.5. The molecule has 2 aromatic carbocycles. The molecule has 0 aliphatic rings. The molecule has 0 atom stereocenters. The molecule has 0 aliphatic heterocycles. The molecule has 0 fully saturated rings. The average molecular weight is 586 g/mol. The summed E-state index contributed by atoms with van der Waals surface area (Å²) in [5.41, 5.74) is -1.15. The Morgan fingerprint density at radius 2 is 1.80 bits per heavy atom. The van der Waals surface area contributed by atoms with Crippen LogP contribution in [0.5, 0.6) is 17.2 Å². The number of ether oxygens (including phenoxy) is 2. The predicted molar refractivity (Wildman–Crippen MR) is 145 cm³/mol. The van der Waals surface area contributed by atoms with Crippen molar-refractivity contribution in [2.45, 2.75) is 32.7 Å². The number of hydrogen-bond donors (Lipinski definition) is 1. The normalized spacial score (nSPS) is 11.3. The van der Waals surface area contributed by atoms with Crippen LogP contribution < -0.4 is 14.4 Å². The number of nitrogens with zero attached hydrogens (tertiary/aromatic N) is 3. The topological polar surface area (TPSA) is 102 Å². The van der Waals surface area contributed by atoms with Gasteiger partial charge >= 0.3 is 12.1 Å². The third-order valence-corrected chi connectivity index (χ3v) is 5.98. The Morgan fingerprint density at radius 1 is 1.02 bits per heavy atom. The summed E-state index contributed by atoms with van der Waals surface area (Å²) in [4.78, 5) is 34.6. The van der Waals surface area contributed by atoms with E-state index in [2.05, 4.69) is 9.97 Å². The van der Waals surface area contributed by atoms with Crippen molar-refractivity contribution >= 4 is 29.2 Å². The number of carboxylic acid groups (broad SMARTS) is 1. The van der Waals surface area contributed by atoms with Crippen molar-refractivity contribution in [3.05, 3.63) is 107 Å². The SMILES string of the molecule is CC(C)N(C(=O)c1ccc(Cl)cn1)c1ccc(Oc2ccc(COc3cccnc3)cc2C(F)(F)F)cc1C(=O)O. The summed E-state index contributed by atoms with van der Waals surface area (Å²) in [5.74, 6) is -2.31. The number of halogens is 4. The number of hydrogen-bond acceptors (Lipinski definition) is 6. The summed E-state index contributed by atoms with van der Waals surface area (Å²) in [6, 6.07) is 12.7. The van der Waals surface area contributed by atoms with Gasteiger partial charge in [-0.05, 0) is 74.0 Å². The molecule has 12 heteroatoms. The van der Waals surface area contributed by atoms with E-state index in [0.717, 1.165) is 18.2 Å². The predicted octanol–water partition coefficient (Wildman–Crippen LogP) is 7.27. The summed E-state index contributed by atoms with van der Waals surface area (Å²) in [7, 11) is 0. The van der Waals surface area contributed by atoms with Gasteiger partial charge in [0.15, 0.2) is 0 Å². The van der Waals surface area contributed by atoms with E-state index >= 15 is 0 Å². The molecule has 0 spiro atoms. The molecule has 0 unspecified atom stereocenters. The van der Waals surface area contributed by atoms with Gasteiger partial charge in [0.05, 0.1) is 28.0 Å². The molecule has 0 bridgehead atoms. The number of aromatic nitrogens is 2. The van der Waals surface area contributed by atoms with Gasteiger partial charge in [-0.1, -0.05) is 17.7 Å². The monoisotopic (exact) mass is 585 g/mol. The highest BCUT2D eigenvalue weighted by molar-refractivity contribution is 6.30. The minimum atomic E-state index is -4.78. The molecule has 1 amide bonds. The lowest BCUT2D eigenvalue weighted by atomic mass is 10.1. The van der Waals surface area contributed by atoms with E-state index in [1.807, 2.05) is 0 Å². The molecule has 41 heavy (non-hydrogen) atoms. The average Bonchev–Trinajstić information content (AvgIpc) is 2.93. The zero-order chi connectivity index (χ0) is 29.7. The van der Waals surface area contributed by atoms with Gasteiger partial charge in [0, 0.05) is 18.4 Å². The first-order chi connectivity index (χ1) is 19.4.